The summed E-state index contributed by atoms with van der Waals surface area (Å²) in [5.74, 6) is 0.152. The van der Waals surface area contributed by atoms with Gasteiger partial charge in [0.05, 0.1) is 12.3 Å². The highest BCUT2D eigenvalue weighted by Gasteiger charge is 2.46. The summed E-state index contributed by atoms with van der Waals surface area (Å²) in [5, 5.41) is 3.24. The fourth-order valence-corrected chi connectivity index (χ4v) is 4.12. The van der Waals surface area contributed by atoms with Crippen LogP contribution in [0.1, 0.15) is 36.4 Å². The van der Waals surface area contributed by atoms with Crippen LogP contribution in [0.5, 0.6) is 0 Å². The van der Waals surface area contributed by atoms with Crippen molar-refractivity contribution >= 4 is 11.8 Å². The van der Waals surface area contributed by atoms with Gasteiger partial charge in [0.1, 0.15) is 0 Å². The van der Waals surface area contributed by atoms with Gasteiger partial charge in [-0.2, -0.15) is 0 Å². The monoisotopic (exact) mass is 349 g/mol. The van der Waals surface area contributed by atoms with Gasteiger partial charge in [-0.05, 0) is 37.0 Å². The quantitative estimate of drug-likeness (QED) is 0.925. The zero-order valence-electron chi connectivity index (χ0n) is 14.7. The third-order valence-corrected chi connectivity index (χ3v) is 5.63. The van der Waals surface area contributed by atoms with Gasteiger partial charge in [0.2, 0.25) is 11.8 Å². The van der Waals surface area contributed by atoms with E-state index in [1.54, 1.807) is 6.20 Å². The molecule has 134 valence electrons. The second kappa shape index (κ2) is 6.90. The number of hydrogen-bond acceptors (Lipinski definition) is 3. The number of benzene rings is 1. The van der Waals surface area contributed by atoms with Gasteiger partial charge in [0.25, 0.3) is 0 Å². The van der Waals surface area contributed by atoms with Gasteiger partial charge in [-0.25, -0.2) is 0 Å². The molecule has 5 heteroatoms. The standard InChI is InChI=1S/C21H23N3O2/c25-19(14-17-8-4-5-11-22-17)24-12-9-21(10-13-24)15-18(20(26)23-21)16-6-2-1-3-7-16/h1-8,11,18H,9-10,12-15H2,(H,23,26)/t18-/m0/s1. The predicted molar refractivity (Wildman–Crippen MR) is 98.4 cm³/mol. The number of carbonyl (C=O) groups is 2. The molecule has 2 amide bonds. The highest BCUT2D eigenvalue weighted by atomic mass is 16.2. The molecular formula is C21H23N3O2. The van der Waals surface area contributed by atoms with E-state index < -0.39 is 0 Å². The Morgan fingerprint density at radius 1 is 1.12 bits per heavy atom. The zero-order chi connectivity index (χ0) is 18.0. The van der Waals surface area contributed by atoms with E-state index in [-0.39, 0.29) is 23.3 Å². The number of piperidine rings is 1. The van der Waals surface area contributed by atoms with Gasteiger partial charge < -0.3 is 10.2 Å². The van der Waals surface area contributed by atoms with Crippen molar-refractivity contribution in [3.63, 3.8) is 0 Å². The van der Waals surface area contributed by atoms with Crippen LogP contribution in [-0.4, -0.2) is 40.3 Å². The minimum absolute atomic E-state index is 0.0769. The molecule has 2 aliphatic rings. The van der Waals surface area contributed by atoms with E-state index in [0.717, 1.165) is 30.5 Å². The van der Waals surface area contributed by atoms with Crippen molar-refractivity contribution in [1.82, 2.24) is 15.2 Å². The summed E-state index contributed by atoms with van der Waals surface area (Å²) in [7, 11) is 0. The van der Waals surface area contributed by atoms with Crippen LogP contribution in [0.25, 0.3) is 0 Å². The summed E-state index contributed by atoms with van der Waals surface area (Å²) in [4.78, 5) is 31.2. The largest absolute Gasteiger partial charge is 0.350 e. The van der Waals surface area contributed by atoms with Crippen LogP contribution in [-0.2, 0) is 16.0 Å². The van der Waals surface area contributed by atoms with Crippen LogP contribution in [0, 0.1) is 0 Å². The van der Waals surface area contributed by atoms with Gasteiger partial charge >= 0.3 is 0 Å². The summed E-state index contributed by atoms with van der Waals surface area (Å²) in [6.45, 7) is 1.38. The molecule has 0 unspecified atom stereocenters. The lowest BCUT2D eigenvalue weighted by Crippen LogP contribution is -2.52. The molecular weight excluding hydrogens is 326 g/mol. The first kappa shape index (κ1) is 16.8. The van der Waals surface area contributed by atoms with E-state index >= 15 is 0 Å². The Morgan fingerprint density at radius 2 is 1.85 bits per heavy atom. The molecule has 0 radical (unpaired) electrons. The average Bonchev–Trinajstić information content (AvgIpc) is 2.99. The van der Waals surface area contributed by atoms with E-state index in [9.17, 15) is 9.59 Å². The van der Waals surface area contributed by atoms with Crippen LogP contribution in [0.3, 0.4) is 0 Å². The van der Waals surface area contributed by atoms with Crippen molar-refractivity contribution in [1.29, 1.82) is 0 Å². The number of pyridine rings is 1. The van der Waals surface area contributed by atoms with Crippen molar-refractivity contribution < 1.29 is 9.59 Å². The lowest BCUT2D eigenvalue weighted by Gasteiger charge is -2.39. The number of aromatic nitrogens is 1. The molecule has 1 spiro atoms. The molecule has 0 saturated carbocycles. The fraction of sp³-hybridized carbons (Fsp3) is 0.381. The number of hydrogen-bond donors (Lipinski definition) is 1. The Labute approximate surface area is 153 Å². The smallest absolute Gasteiger partial charge is 0.228 e. The van der Waals surface area contributed by atoms with Crippen LogP contribution in [0.4, 0.5) is 0 Å². The topological polar surface area (TPSA) is 62.3 Å². The second-order valence-corrected chi connectivity index (χ2v) is 7.32. The molecule has 2 aromatic rings. The molecule has 3 heterocycles. The maximum absolute atomic E-state index is 12.5. The molecule has 0 bridgehead atoms. The molecule has 2 saturated heterocycles. The molecule has 1 aromatic heterocycles. The minimum atomic E-state index is -0.167. The Kier molecular flexibility index (Phi) is 4.45. The molecule has 1 atom stereocenters. The van der Waals surface area contributed by atoms with Crippen molar-refractivity contribution in [2.24, 2.45) is 0 Å². The fourth-order valence-electron chi connectivity index (χ4n) is 4.12. The first-order chi connectivity index (χ1) is 12.7. The van der Waals surface area contributed by atoms with Gasteiger partial charge in [0, 0.05) is 30.5 Å². The van der Waals surface area contributed by atoms with Gasteiger partial charge in [-0.1, -0.05) is 36.4 Å². The molecule has 2 aliphatic heterocycles. The third-order valence-electron chi connectivity index (χ3n) is 5.63. The summed E-state index contributed by atoms with van der Waals surface area (Å²) >= 11 is 0. The number of nitrogens with zero attached hydrogens (tertiary/aromatic N) is 2. The lowest BCUT2D eigenvalue weighted by atomic mass is 9.82. The second-order valence-electron chi connectivity index (χ2n) is 7.32. The first-order valence-electron chi connectivity index (χ1n) is 9.20. The summed E-state index contributed by atoms with van der Waals surface area (Å²) < 4.78 is 0. The Morgan fingerprint density at radius 3 is 2.54 bits per heavy atom. The molecule has 0 aliphatic carbocycles. The van der Waals surface area contributed by atoms with Crippen molar-refractivity contribution in [3.05, 3.63) is 66.0 Å². The maximum atomic E-state index is 12.5. The van der Waals surface area contributed by atoms with E-state index in [1.807, 2.05) is 53.4 Å². The van der Waals surface area contributed by atoms with Crippen LogP contribution in [0.2, 0.25) is 0 Å². The maximum Gasteiger partial charge on any atom is 0.228 e. The highest BCUT2D eigenvalue weighted by molar-refractivity contribution is 5.87. The van der Waals surface area contributed by atoms with E-state index in [1.165, 1.54) is 0 Å². The highest BCUT2D eigenvalue weighted by Crippen LogP contribution is 2.39. The first-order valence-corrected chi connectivity index (χ1v) is 9.20. The summed E-state index contributed by atoms with van der Waals surface area (Å²) in [6, 6.07) is 15.6. The van der Waals surface area contributed by atoms with Gasteiger partial charge in [-0.15, -0.1) is 0 Å². The normalized spacial score (nSPS) is 21.6. The predicted octanol–water partition coefficient (Wildman–Crippen LogP) is 2.29. The number of nitrogens with one attached hydrogen (secondary N) is 1. The third kappa shape index (κ3) is 3.34. The molecule has 1 N–H and O–H groups in total. The van der Waals surface area contributed by atoms with E-state index in [4.69, 9.17) is 0 Å². The Bertz CT molecular complexity index is 783. The van der Waals surface area contributed by atoms with Crippen LogP contribution in [0.15, 0.2) is 54.7 Å². The molecule has 2 fully saturated rings. The number of carbonyl (C=O) groups excluding carboxylic acids is 2. The Balaban J connectivity index is 1.37. The number of likely N-dealkylation sites (tertiary alicyclic amines) is 1. The number of rotatable bonds is 3. The molecule has 4 rings (SSSR count). The average molecular weight is 349 g/mol. The molecule has 5 nitrogen and oxygen atoms in total. The van der Waals surface area contributed by atoms with E-state index in [2.05, 4.69) is 10.3 Å². The SMILES string of the molecule is O=C1NC2(CCN(C(=O)Cc3ccccn3)CC2)C[C@H]1c1ccccc1. The van der Waals surface area contributed by atoms with Crippen molar-refractivity contribution in [2.75, 3.05) is 13.1 Å². The van der Waals surface area contributed by atoms with Crippen molar-refractivity contribution in [3.8, 4) is 0 Å². The number of amides is 2. The van der Waals surface area contributed by atoms with Crippen molar-refractivity contribution in [2.45, 2.75) is 37.1 Å². The summed E-state index contributed by atoms with van der Waals surface area (Å²) in [5.41, 5.74) is 1.71. The Hall–Kier alpha value is -2.69. The summed E-state index contributed by atoms with van der Waals surface area (Å²) in [6.07, 6.45) is 4.50. The lowest BCUT2D eigenvalue weighted by molar-refractivity contribution is -0.132. The minimum Gasteiger partial charge on any atom is -0.350 e. The molecule has 1 aromatic carbocycles. The van der Waals surface area contributed by atoms with Crippen LogP contribution < -0.4 is 5.32 Å². The van der Waals surface area contributed by atoms with Gasteiger partial charge in [0.15, 0.2) is 0 Å². The van der Waals surface area contributed by atoms with E-state index in [0.29, 0.717) is 19.5 Å². The van der Waals surface area contributed by atoms with Crippen LogP contribution >= 0.6 is 0 Å². The van der Waals surface area contributed by atoms with Gasteiger partial charge in [-0.3, -0.25) is 14.6 Å². The molecule has 26 heavy (non-hydrogen) atoms. The zero-order valence-corrected chi connectivity index (χ0v) is 14.7.